The first kappa shape index (κ1) is 15.7. The summed E-state index contributed by atoms with van der Waals surface area (Å²) in [5.41, 5.74) is 1.35. The van der Waals surface area contributed by atoms with E-state index in [-0.39, 0.29) is 17.2 Å². The van der Waals surface area contributed by atoms with Gasteiger partial charge in [0.25, 0.3) is 11.8 Å². The second kappa shape index (κ2) is 6.39. The molecule has 2 amide bonds. The summed E-state index contributed by atoms with van der Waals surface area (Å²) in [5.74, 6) is -0.309. The van der Waals surface area contributed by atoms with Crippen molar-refractivity contribution < 1.29 is 9.59 Å². The molecule has 0 fully saturated rings. The molecule has 4 nitrogen and oxygen atoms in total. The molecule has 1 aromatic carbocycles. The van der Waals surface area contributed by atoms with E-state index in [4.69, 9.17) is 0 Å². The first-order chi connectivity index (χ1) is 9.90. The van der Waals surface area contributed by atoms with Crippen LogP contribution in [0.1, 0.15) is 54.3 Å². The van der Waals surface area contributed by atoms with Crippen LogP contribution in [0.2, 0.25) is 0 Å². The predicted octanol–water partition coefficient (Wildman–Crippen LogP) is 2.70. The maximum absolute atomic E-state index is 12.1. The molecule has 1 heterocycles. The molecule has 1 aliphatic heterocycles. The number of hydrogen-bond acceptors (Lipinski definition) is 3. The molecule has 0 saturated heterocycles. The smallest absolute Gasteiger partial charge is 0.261 e. The second-order valence-electron chi connectivity index (χ2n) is 6.75. The van der Waals surface area contributed by atoms with E-state index in [9.17, 15) is 9.59 Å². The Morgan fingerprint density at radius 1 is 1.00 bits per heavy atom. The van der Waals surface area contributed by atoms with Gasteiger partial charge in [0.05, 0.1) is 11.1 Å². The van der Waals surface area contributed by atoms with Gasteiger partial charge in [-0.25, -0.2) is 0 Å². The lowest BCUT2D eigenvalue weighted by Crippen LogP contribution is -2.32. The number of benzene rings is 1. The number of imide groups is 1. The molecule has 21 heavy (non-hydrogen) atoms. The number of hydrogen-bond donors (Lipinski definition) is 1. The number of rotatable bonds is 6. The van der Waals surface area contributed by atoms with Gasteiger partial charge in [-0.1, -0.05) is 32.9 Å². The standard InChI is InChI=1S/C17H24N2O2/c1-17(2,3)12-18-10-6-7-11-19-15(20)13-8-4-5-9-14(13)16(19)21/h4-5,8-9,18H,6-7,10-12H2,1-3H3. The number of nitrogens with zero attached hydrogens (tertiary/aromatic N) is 1. The van der Waals surface area contributed by atoms with Crippen molar-refractivity contribution in [3.8, 4) is 0 Å². The Balaban J connectivity index is 1.76. The number of amides is 2. The largest absolute Gasteiger partial charge is 0.316 e. The van der Waals surface area contributed by atoms with Crippen molar-refractivity contribution in [3.63, 3.8) is 0 Å². The van der Waals surface area contributed by atoms with Gasteiger partial charge in [-0.2, -0.15) is 0 Å². The Morgan fingerprint density at radius 2 is 1.57 bits per heavy atom. The molecule has 2 rings (SSSR count). The van der Waals surface area contributed by atoms with E-state index in [1.807, 2.05) is 0 Å². The fourth-order valence-corrected chi connectivity index (χ4v) is 2.43. The third kappa shape index (κ3) is 3.91. The maximum Gasteiger partial charge on any atom is 0.261 e. The monoisotopic (exact) mass is 288 g/mol. The van der Waals surface area contributed by atoms with Crippen molar-refractivity contribution in [1.29, 1.82) is 0 Å². The minimum Gasteiger partial charge on any atom is -0.316 e. The lowest BCUT2D eigenvalue weighted by atomic mass is 9.97. The van der Waals surface area contributed by atoms with Crippen LogP contribution in [0.4, 0.5) is 0 Å². The molecule has 0 unspecified atom stereocenters. The molecule has 1 aliphatic rings. The minimum atomic E-state index is -0.154. The van der Waals surface area contributed by atoms with Crippen LogP contribution in [0.5, 0.6) is 0 Å². The first-order valence-corrected chi connectivity index (χ1v) is 7.56. The second-order valence-corrected chi connectivity index (χ2v) is 6.75. The van der Waals surface area contributed by atoms with Crippen molar-refractivity contribution in [2.24, 2.45) is 5.41 Å². The molecule has 1 N–H and O–H groups in total. The quantitative estimate of drug-likeness (QED) is 0.647. The van der Waals surface area contributed by atoms with Gasteiger partial charge in [0.1, 0.15) is 0 Å². The summed E-state index contributed by atoms with van der Waals surface area (Å²) in [4.78, 5) is 25.7. The summed E-state index contributed by atoms with van der Waals surface area (Å²) >= 11 is 0. The molecular weight excluding hydrogens is 264 g/mol. The number of fused-ring (bicyclic) bond motifs is 1. The van der Waals surface area contributed by atoms with Crippen LogP contribution in [-0.4, -0.2) is 36.3 Å². The number of unbranched alkanes of at least 4 members (excludes halogenated alkanes) is 1. The highest BCUT2D eigenvalue weighted by Gasteiger charge is 2.34. The van der Waals surface area contributed by atoms with E-state index in [1.165, 1.54) is 4.90 Å². The van der Waals surface area contributed by atoms with Gasteiger partial charge in [0, 0.05) is 6.54 Å². The van der Waals surface area contributed by atoms with Crippen molar-refractivity contribution >= 4 is 11.8 Å². The first-order valence-electron chi connectivity index (χ1n) is 7.56. The number of carbonyl (C=O) groups excluding carboxylic acids is 2. The van der Waals surface area contributed by atoms with E-state index in [0.29, 0.717) is 17.7 Å². The molecule has 0 radical (unpaired) electrons. The van der Waals surface area contributed by atoms with Crippen molar-refractivity contribution in [3.05, 3.63) is 35.4 Å². The van der Waals surface area contributed by atoms with Gasteiger partial charge in [0.15, 0.2) is 0 Å². The normalized spacial score (nSPS) is 14.7. The van der Waals surface area contributed by atoms with Crippen molar-refractivity contribution in [1.82, 2.24) is 10.2 Å². The zero-order valence-electron chi connectivity index (χ0n) is 13.1. The highest BCUT2D eigenvalue weighted by Crippen LogP contribution is 2.22. The summed E-state index contributed by atoms with van der Waals surface area (Å²) in [6.07, 6.45) is 1.80. The van der Waals surface area contributed by atoms with Gasteiger partial charge in [0.2, 0.25) is 0 Å². The Kier molecular flexibility index (Phi) is 4.78. The molecule has 1 aromatic rings. The Morgan fingerprint density at radius 3 is 2.10 bits per heavy atom. The van der Waals surface area contributed by atoms with Gasteiger partial charge in [-0.3, -0.25) is 14.5 Å². The van der Waals surface area contributed by atoms with E-state index in [2.05, 4.69) is 26.1 Å². The molecule has 114 valence electrons. The Hall–Kier alpha value is -1.68. The zero-order chi connectivity index (χ0) is 15.5. The summed E-state index contributed by atoms with van der Waals surface area (Å²) in [6.45, 7) is 8.97. The van der Waals surface area contributed by atoms with E-state index in [0.717, 1.165) is 25.9 Å². The summed E-state index contributed by atoms with van der Waals surface area (Å²) < 4.78 is 0. The average Bonchev–Trinajstić information content (AvgIpc) is 2.66. The van der Waals surface area contributed by atoms with Crippen LogP contribution < -0.4 is 5.32 Å². The van der Waals surface area contributed by atoms with Gasteiger partial charge >= 0.3 is 0 Å². The molecular formula is C17H24N2O2. The van der Waals surface area contributed by atoms with Crippen LogP contribution in [0.3, 0.4) is 0 Å². The van der Waals surface area contributed by atoms with Crippen molar-refractivity contribution in [2.45, 2.75) is 33.6 Å². The highest BCUT2D eigenvalue weighted by atomic mass is 16.2. The Labute approximate surface area is 126 Å². The molecule has 0 bridgehead atoms. The SMILES string of the molecule is CC(C)(C)CNCCCCN1C(=O)c2ccccc2C1=O. The van der Waals surface area contributed by atoms with Gasteiger partial charge in [-0.05, 0) is 43.5 Å². The summed E-state index contributed by atoms with van der Waals surface area (Å²) in [5, 5.41) is 3.40. The maximum atomic E-state index is 12.1. The van der Waals surface area contributed by atoms with E-state index >= 15 is 0 Å². The molecule has 0 aromatic heterocycles. The number of carbonyl (C=O) groups is 2. The minimum absolute atomic E-state index is 0.154. The average molecular weight is 288 g/mol. The highest BCUT2D eigenvalue weighted by molar-refractivity contribution is 6.21. The Bertz CT molecular complexity index is 497. The molecule has 4 heteroatoms. The predicted molar refractivity (Wildman–Crippen MR) is 83.4 cm³/mol. The van der Waals surface area contributed by atoms with Gasteiger partial charge in [-0.15, -0.1) is 0 Å². The van der Waals surface area contributed by atoms with Gasteiger partial charge < -0.3 is 5.32 Å². The lowest BCUT2D eigenvalue weighted by molar-refractivity contribution is 0.0651. The zero-order valence-corrected chi connectivity index (χ0v) is 13.1. The van der Waals surface area contributed by atoms with Crippen LogP contribution in [0.15, 0.2) is 24.3 Å². The van der Waals surface area contributed by atoms with Crippen LogP contribution in [-0.2, 0) is 0 Å². The third-order valence-electron chi connectivity index (χ3n) is 3.52. The topological polar surface area (TPSA) is 49.4 Å². The van der Waals surface area contributed by atoms with E-state index in [1.54, 1.807) is 24.3 Å². The molecule has 0 spiro atoms. The molecule has 0 saturated carbocycles. The third-order valence-corrected chi connectivity index (χ3v) is 3.52. The van der Waals surface area contributed by atoms with Crippen LogP contribution in [0.25, 0.3) is 0 Å². The van der Waals surface area contributed by atoms with Crippen LogP contribution >= 0.6 is 0 Å². The van der Waals surface area contributed by atoms with E-state index < -0.39 is 0 Å². The fourth-order valence-electron chi connectivity index (χ4n) is 2.43. The summed E-state index contributed by atoms with van der Waals surface area (Å²) in [6, 6.07) is 7.04. The summed E-state index contributed by atoms with van der Waals surface area (Å²) in [7, 11) is 0. The fraction of sp³-hybridized carbons (Fsp3) is 0.529. The lowest BCUT2D eigenvalue weighted by Gasteiger charge is -2.19. The molecule has 0 aliphatic carbocycles. The van der Waals surface area contributed by atoms with Crippen LogP contribution in [0, 0.1) is 5.41 Å². The van der Waals surface area contributed by atoms with Crippen molar-refractivity contribution in [2.75, 3.05) is 19.6 Å². The number of nitrogens with one attached hydrogen (secondary N) is 1. The molecule has 0 atom stereocenters.